The van der Waals surface area contributed by atoms with Gasteiger partial charge in [0.1, 0.15) is 5.60 Å². The van der Waals surface area contributed by atoms with Crippen LogP contribution < -0.4 is 5.32 Å². The number of aliphatic hydroxyl groups is 2. The lowest BCUT2D eigenvalue weighted by Gasteiger charge is -2.43. The Hall–Kier alpha value is -1.39. The maximum Gasteiger partial charge on any atom is 0.252 e. The number of carbonyl (C=O) groups excluding carboxylic acids is 1. The number of benzene rings is 1. The average molecular weight is 319 g/mol. The molecule has 0 bridgehead atoms. The van der Waals surface area contributed by atoms with Crippen LogP contribution in [0.2, 0.25) is 0 Å². The Labute approximate surface area is 138 Å². The summed E-state index contributed by atoms with van der Waals surface area (Å²) in [7, 11) is 0. The molecule has 128 valence electrons. The highest BCUT2D eigenvalue weighted by molar-refractivity contribution is 5.85. The van der Waals surface area contributed by atoms with E-state index in [0.29, 0.717) is 18.9 Å². The zero-order valence-corrected chi connectivity index (χ0v) is 14.4. The molecule has 1 saturated carbocycles. The molecule has 0 heterocycles. The molecular weight excluding hydrogens is 290 g/mol. The van der Waals surface area contributed by atoms with Crippen LogP contribution in [0, 0.1) is 17.8 Å². The Morgan fingerprint density at radius 2 is 2.04 bits per heavy atom. The van der Waals surface area contributed by atoms with Crippen LogP contribution in [0.15, 0.2) is 24.3 Å². The summed E-state index contributed by atoms with van der Waals surface area (Å²) in [6, 6.07) is 7.48. The summed E-state index contributed by atoms with van der Waals surface area (Å²) in [6.45, 7) is 6.60. The summed E-state index contributed by atoms with van der Waals surface area (Å²) in [4.78, 5) is 12.7. The normalized spacial score (nSPS) is 27.9. The summed E-state index contributed by atoms with van der Waals surface area (Å²) in [5.41, 5.74) is 0.473. The van der Waals surface area contributed by atoms with E-state index in [9.17, 15) is 15.0 Å². The first-order chi connectivity index (χ1) is 10.9. The summed E-state index contributed by atoms with van der Waals surface area (Å²) in [5, 5.41) is 23.1. The fourth-order valence-corrected chi connectivity index (χ4v) is 3.81. The maximum absolute atomic E-state index is 12.7. The lowest BCUT2D eigenvalue weighted by Crippen LogP contribution is -2.56. The molecule has 0 saturated heterocycles. The number of aliphatic hydroxyl groups excluding tert-OH is 1. The lowest BCUT2D eigenvalue weighted by molar-refractivity contribution is -0.156. The van der Waals surface area contributed by atoms with Crippen molar-refractivity contribution in [3.8, 4) is 0 Å². The van der Waals surface area contributed by atoms with Gasteiger partial charge in [0.15, 0.2) is 0 Å². The van der Waals surface area contributed by atoms with Crippen molar-refractivity contribution in [2.45, 2.75) is 58.8 Å². The Morgan fingerprint density at radius 1 is 1.35 bits per heavy atom. The number of amides is 1. The third kappa shape index (κ3) is 4.12. The van der Waals surface area contributed by atoms with Crippen LogP contribution >= 0.6 is 0 Å². The van der Waals surface area contributed by atoms with Gasteiger partial charge in [0.25, 0.3) is 5.91 Å². The molecule has 0 aliphatic heterocycles. The maximum atomic E-state index is 12.7. The largest absolute Gasteiger partial charge is 0.392 e. The standard InChI is InChI=1S/C19H29NO3/c1-13(2)17-8-7-14(3)10-19(17,23)18(22)20-11-15-5-4-6-16(9-15)12-21/h4-6,9,13-14,17,21,23H,7-8,10-12H2,1-3H3,(H,20,22). The fourth-order valence-electron chi connectivity index (χ4n) is 3.81. The van der Waals surface area contributed by atoms with Crippen molar-refractivity contribution in [3.05, 3.63) is 35.4 Å². The number of carbonyl (C=O) groups is 1. The molecular formula is C19H29NO3. The number of rotatable bonds is 5. The molecule has 2 rings (SSSR count). The smallest absolute Gasteiger partial charge is 0.252 e. The summed E-state index contributed by atoms with van der Waals surface area (Å²) >= 11 is 0. The predicted molar refractivity (Wildman–Crippen MR) is 90.5 cm³/mol. The molecule has 1 fully saturated rings. The van der Waals surface area contributed by atoms with Gasteiger partial charge >= 0.3 is 0 Å². The third-order valence-corrected chi connectivity index (χ3v) is 5.07. The molecule has 3 unspecified atom stereocenters. The van der Waals surface area contributed by atoms with E-state index in [1.165, 1.54) is 0 Å². The van der Waals surface area contributed by atoms with Crippen LogP contribution in [0.4, 0.5) is 0 Å². The van der Waals surface area contributed by atoms with Crippen molar-refractivity contribution < 1.29 is 15.0 Å². The monoisotopic (exact) mass is 319 g/mol. The minimum atomic E-state index is -1.28. The molecule has 23 heavy (non-hydrogen) atoms. The van der Waals surface area contributed by atoms with Gasteiger partial charge in [-0.25, -0.2) is 0 Å². The van der Waals surface area contributed by atoms with Gasteiger partial charge in [-0.05, 0) is 41.7 Å². The van der Waals surface area contributed by atoms with E-state index in [1.54, 1.807) is 0 Å². The van der Waals surface area contributed by atoms with Gasteiger partial charge in [-0.2, -0.15) is 0 Å². The van der Waals surface area contributed by atoms with Crippen molar-refractivity contribution in [2.24, 2.45) is 17.8 Å². The average Bonchev–Trinajstić information content (AvgIpc) is 2.52. The SMILES string of the molecule is CC1CCC(C(C)C)C(O)(C(=O)NCc2cccc(CO)c2)C1. The Morgan fingerprint density at radius 3 is 2.70 bits per heavy atom. The summed E-state index contributed by atoms with van der Waals surface area (Å²) in [5.74, 6) is 0.370. The van der Waals surface area contributed by atoms with E-state index in [-0.39, 0.29) is 24.3 Å². The van der Waals surface area contributed by atoms with E-state index < -0.39 is 5.60 Å². The molecule has 1 aromatic carbocycles. The van der Waals surface area contributed by atoms with Crippen molar-refractivity contribution >= 4 is 5.91 Å². The molecule has 0 radical (unpaired) electrons. The van der Waals surface area contributed by atoms with Crippen molar-refractivity contribution in [1.29, 1.82) is 0 Å². The van der Waals surface area contributed by atoms with E-state index in [0.717, 1.165) is 24.0 Å². The van der Waals surface area contributed by atoms with Gasteiger partial charge in [0.2, 0.25) is 0 Å². The molecule has 1 aromatic rings. The van der Waals surface area contributed by atoms with E-state index in [4.69, 9.17) is 0 Å². The minimum absolute atomic E-state index is 0.00229. The molecule has 1 amide bonds. The Balaban J connectivity index is 2.07. The first-order valence-corrected chi connectivity index (χ1v) is 8.56. The van der Waals surface area contributed by atoms with Crippen molar-refractivity contribution in [2.75, 3.05) is 0 Å². The molecule has 4 heteroatoms. The lowest BCUT2D eigenvalue weighted by atomic mass is 9.66. The van der Waals surface area contributed by atoms with Gasteiger partial charge in [-0.15, -0.1) is 0 Å². The first kappa shape index (κ1) is 18.0. The summed E-state index contributed by atoms with van der Waals surface area (Å²) < 4.78 is 0. The van der Waals surface area contributed by atoms with E-state index in [2.05, 4.69) is 26.1 Å². The van der Waals surface area contributed by atoms with Crippen molar-refractivity contribution in [1.82, 2.24) is 5.32 Å². The second kappa shape index (κ2) is 7.45. The second-order valence-electron chi connectivity index (χ2n) is 7.32. The van der Waals surface area contributed by atoms with Gasteiger partial charge in [-0.1, -0.05) is 51.5 Å². The molecule has 3 atom stereocenters. The van der Waals surface area contributed by atoms with Gasteiger partial charge in [-0.3, -0.25) is 4.79 Å². The molecule has 0 aromatic heterocycles. The van der Waals surface area contributed by atoms with Crippen molar-refractivity contribution in [3.63, 3.8) is 0 Å². The Kier molecular flexibility index (Phi) is 5.82. The third-order valence-electron chi connectivity index (χ3n) is 5.07. The molecule has 0 spiro atoms. The highest BCUT2D eigenvalue weighted by atomic mass is 16.3. The zero-order valence-electron chi connectivity index (χ0n) is 14.4. The van der Waals surface area contributed by atoms with Crippen LogP contribution in [0.5, 0.6) is 0 Å². The number of hydrogen-bond acceptors (Lipinski definition) is 3. The number of hydrogen-bond donors (Lipinski definition) is 3. The fraction of sp³-hybridized carbons (Fsp3) is 0.632. The van der Waals surface area contributed by atoms with E-state index in [1.807, 2.05) is 24.3 Å². The van der Waals surface area contributed by atoms with Crippen LogP contribution in [-0.2, 0) is 17.9 Å². The van der Waals surface area contributed by atoms with Gasteiger partial charge in [0, 0.05) is 6.54 Å². The first-order valence-electron chi connectivity index (χ1n) is 8.56. The quantitative estimate of drug-likeness (QED) is 0.781. The molecule has 4 nitrogen and oxygen atoms in total. The predicted octanol–water partition coefficient (Wildman–Crippen LogP) is 2.62. The minimum Gasteiger partial charge on any atom is -0.392 e. The van der Waals surface area contributed by atoms with Crippen LogP contribution in [0.1, 0.15) is 51.2 Å². The highest BCUT2D eigenvalue weighted by Crippen LogP contribution is 2.41. The second-order valence-corrected chi connectivity index (χ2v) is 7.32. The van der Waals surface area contributed by atoms with Crippen LogP contribution in [0.25, 0.3) is 0 Å². The molecule has 1 aliphatic carbocycles. The zero-order chi connectivity index (χ0) is 17.0. The van der Waals surface area contributed by atoms with Crippen LogP contribution in [-0.4, -0.2) is 21.7 Å². The van der Waals surface area contributed by atoms with Gasteiger partial charge < -0.3 is 15.5 Å². The van der Waals surface area contributed by atoms with Gasteiger partial charge in [0.05, 0.1) is 6.61 Å². The highest BCUT2D eigenvalue weighted by Gasteiger charge is 2.48. The van der Waals surface area contributed by atoms with E-state index >= 15 is 0 Å². The topological polar surface area (TPSA) is 69.6 Å². The Bertz CT molecular complexity index is 543. The molecule has 1 aliphatic rings. The molecule has 3 N–H and O–H groups in total. The van der Waals surface area contributed by atoms with Crippen LogP contribution in [0.3, 0.4) is 0 Å². The summed E-state index contributed by atoms with van der Waals surface area (Å²) in [6.07, 6.45) is 2.48. The number of nitrogens with one attached hydrogen (secondary N) is 1.